The summed E-state index contributed by atoms with van der Waals surface area (Å²) < 4.78 is 0. The summed E-state index contributed by atoms with van der Waals surface area (Å²) in [5, 5.41) is 3.44. The van der Waals surface area contributed by atoms with Gasteiger partial charge in [0, 0.05) is 20.6 Å². The van der Waals surface area contributed by atoms with E-state index in [0.29, 0.717) is 17.8 Å². The van der Waals surface area contributed by atoms with Crippen LogP contribution in [0, 0.1) is 11.3 Å². The molecule has 6 heteroatoms. The highest BCUT2D eigenvalue weighted by Gasteiger charge is 2.22. The number of rotatable bonds is 5. The lowest BCUT2D eigenvalue weighted by Gasteiger charge is -2.29. The van der Waals surface area contributed by atoms with E-state index < -0.39 is 0 Å². The average molecular weight is 272 g/mol. The fraction of sp³-hybridized carbons (Fsp3) is 0.750. The van der Waals surface area contributed by atoms with Crippen LogP contribution < -0.4 is 10.2 Å². The maximum Gasteiger partial charge on any atom is 0.230 e. The van der Waals surface area contributed by atoms with E-state index in [1.54, 1.807) is 4.90 Å². The molecule has 0 radical (unpaired) electrons. The number of halogens is 1. The lowest BCUT2D eigenvalue weighted by molar-refractivity contribution is 0.269. The average Bonchev–Trinajstić information content (AvgIpc) is 2.25. The van der Waals surface area contributed by atoms with Crippen LogP contribution in [0.3, 0.4) is 0 Å². The van der Waals surface area contributed by atoms with Crippen molar-refractivity contribution in [3.8, 4) is 0 Å². The minimum absolute atomic E-state index is 0.164. The zero-order valence-electron chi connectivity index (χ0n) is 12.0. The molecular weight excluding hydrogens is 250 g/mol. The Labute approximate surface area is 114 Å². The third kappa shape index (κ3) is 3.98. The van der Waals surface area contributed by atoms with Gasteiger partial charge in [0.25, 0.3) is 0 Å². The number of nitrogens with zero attached hydrogens (tertiary/aromatic N) is 4. The molecule has 0 fully saturated rings. The van der Waals surface area contributed by atoms with Crippen molar-refractivity contribution < 1.29 is 0 Å². The third-order valence-corrected chi connectivity index (χ3v) is 3.43. The smallest absolute Gasteiger partial charge is 0.230 e. The highest BCUT2D eigenvalue weighted by molar-refractivity contribution is 6.28. The highest BCUT2D eigenvalue weighted by atomic mass is 35.5. The van der Waals surface area contributed by atoms with Gasteiger partial charge in [-0.25, -0.2) is 0 Å². The fourth-order valence-corrected chi connectivity index (χ4v) is 1.29. The van der Waals surface area contributed by atoms with E-state index in [4.69, 9.17) is 11.6 Å². The zero-order chi connectivity index (χ0) is 13.9. The quantitative estimate of drug-likeness (QED) is 0.892. The molecule has 0 aliphatic carbocycles. The molecule has 1 aromatic rings. The van der Waals surface area contributed by atoms with Crippen LogP contribution >= 0.6 is 11.6 Å². The number of hydrogen-bond donors (Lipinski definition) is 1. The van der Waals surface area contributed by atoms with Gasteiger partial charge in [-0.05, 0) is 22.9 Å². The van der Waals surface area contributed by atoms with Crippen LogP contribution in [0.15, 0.2) is 0 Å². The van der Waals surface area contributed by atoms with Gasteiger partial charge in [-0.15, -0.1) is 0 Å². The predicted molar refractivity (Wildman–Crippen MR) is 76.3 cm³/mol. The normalized spacial score (nSPS) is 11.8. The van der Waals surface area contributed by atoms with Crippen LogP contribution in [0.4, 0.5) is 11.9 Å². The van der Waals surface area contributed by atoms with Crippen LogP contribution in [-0.2, 0) is 0 Å². The topological polar surface area (TPSA) is 53.9 Å². The molecule has 1 aromatic heterocycles. The fourth-order valence-electron chi connectivity index (χ4n) is 1.13. The van der Waals surface area contributed by atoms with E-state index in [-0.39, 0.29) is 10.7 Å². The first-order valence-corrected chi connectivity index (χ1v) is 6.43. The second-order valence-corrected chi connectivity index (χ2v) is 5.96. The van der Waals surface area contributed by atoms with Gasteiger partial charge in [0.15, 0.2) is 0 Å². The molecule has 0 spiro atoms. The minimum Gasteiger partial charge on any atom is -0.353 e. The van der Waals surface area contributed by atoms with Gasteiger partial charge < -0.3 is 10.2 Å². The van der Waals surface area contributed by atoms with E-state index in [2.05, 4.69) is 48.0 Å². The Bertz CT molecular complexity index is 403. The summed E-state index contributed by atoms with van der Waals surface area (Å²) in [6.07, 6.45) is 0. The van der Waals surface area contributed by atoms with Crippen molar-refractivity contribution >= 4 is 23.5 Å². The molecule has 1 heterocycles. The first-order chi connectivity index (χ1) is 8.22. The van der Waals surface area contributed by atoms with Crippen molar-refractivity contribution in [2.24, 2.45) is 11.3 Å². The minimum atomic E-state index is 0.164. The molecule has 0 aromatic carbocycles. The first kappa shape index (κ1) is 15.0. The molecule has 102 valence electrons. The van der Waals surface area contributed by atoms with Gasteiger partial charge in [-0.3, -0.25) is 0 Å². The molecule has 0 bridgehead atoms. The van der Waals surface area contributed by atoms with E-state index in [9.17, 15) is 0 Å². The van der Waals surface area contributed by atoms with Crippen molar-refractivity contribution in [2.45, 2.75) is 27.7 Å². The van der Waals surface area contributed by atoms with Crippen LogP contribution in [0.25, 0.3) is 0 Å². The van der Waals surface area contributed by atoms with Crippen molar-refractivity contribution in [1.82, 2.24) is 15.0 Å². The molecule has 1 N–H and O–H groups in total. The Hall–Kier alpha value is -1.10. The number of nitrogens with one attached hydrogen (secondary N) is 1. The zero-order valence-corrected chi connectivity index (χ0v) is 12.7. The number of aromatic nitrogens is 3. The van der Waals surface area contributed by atoms with Crippen LogP contribution in [0.1, 0.15) is 27.7 Å². The predicted octanol–water partition coefficient (Wildman–Crippen LogP) is 2.69. The van der Waals surface area contributed by atoms with Crippen LogP contribution in [0.2, 0.25) is 5.28 Å². The molecule has 0 aliphatic rings. The molecule has 0 saturated heterocycles. The highest BCUT2D eigenvalue weighted by Crippen LogP contribution is 2.26. The van der Waals surface area contributed by atoms with Crippen molar-refractivity contribution in [1.29, 1.82) is 0 Å². The molecule has 18 heavy (non-hydrogen) atoms. The second kappa shape index (κ2) is 5.69. The third-order valence-electron chi connectivity index (χ3n) is 3.26. The first-order valence-electron chi connectivity index (χ1n) is 6.05. The monoisotopic (exact) mass is 271 g/mol. The molecule has 0 amide bonds. The maximum absolute atomic E-state index is 5.88. The summed E-state index contributed by atoms with van der Waals surface area (Å²) in [4.78, 5) is 14.2. The van der Waals surface area contributed by atoms with Crippen molar-refractivity contribution in [3.05, 3.63) is 5.28 Å². The Morgan fingerprint density at radius 1 is 1.22 bits per heavy atom. The summed E-state index contributed by atoms with van der Waals surface area (Å²) in [6, 6.07) is 0. The second-order valence-electron chi connectivity index (χ2n) is 5.62. The standard InChI is InChI=1S/C12H22ClN5/c1-8(2)12(3,4)7-14-10-15-9(13)16-11(17-10)18(5)6/h8H,7H2,1-6H3,(H,14,15,16,17). The van der Waals surface area contributed by atoms with E-state index in [0.717, 1.165) is 6.54 Å². The lowest BCUT2D eigenvalue weighted by atomic mass is 9.81. The molecule has 0 atom stereocenters. The maximum atomic E-state index is 5.88. The number of anilines is 2. The summed E-state index contributed by atoms with van der Waals surface area (Å²) in [7, 11) is 3.74. The van der Waals surface area contributed by atoms with Gasteiger partial charge >= 0.3 is 0 Å². The SMILES string of the molecule is CC(C)C(C)(C)CNc1nc(Cl)nc(N(C)C)n1. The Morgan fingerprint density at radius 2 is 1.83 bits per heavy atom. The lowest BCUT2D eigenvalue weighted by Crippen LogP contribution is -2.29. The summed E-state index contributed by atoms with van der Waals surface area (Å²) >= 11 is 5.88. The van der Waals surface area contributed by atoms with E-state index in [1.807, 2.05) is 14.1 Å². The molecule has 5 nitrogen and oxygen atoms in total. The molecular formula is C12H22ClN5. The van der Waals surface area contributed by atoms with Crippen molar-refractivity contribution in [3.63, 3.8) is 0 Å². The largest absolute Gasteiger partial charge is 0.353 e. The summed E-state index contributed by atoms with van der Waals surface area (Å²) in [5.74, 6) is 1.64. The molecule has 0 aliphatic heterocycles. The van der Waals surface area contributed by atoms with Crippen LogP contribution in [0.5, 0.6) is 0 Å². The Morgan fingerprint density at radius 3 is 2.33 bits per heavy atom. The van der Waals surface area contributed by atoms with Gasteiger partial charge in [-0.1, -0.05) is 27.7 Å². The van der Waals surface area contributed by atoms with Gasteiger partial charge in [-0.2, -0.15) is 15.0 Å². The Kier molecular flexibility index (Phi) is 4.73. The Balaban J connectivity index is 2.79. The molecule has 0 unspecified atom stereocenters. The summed E-state index contributed by atoms with van der Waals surface area (Å²) in [5.41, 5.74) is 0.164. The van der Waals surface area contributed by atoms with Gasteiger partial charge in [0.2, 0.25) is 17.2 Å². The van der Waals surface area contributed by atoms with E-state index >= 15 is 0 Å². The van der Waals surface area contributed by atoms with Crippen molar-refractivity contribution in [2.75, 3.05) is 30.9 Å². The van der Waals surface area contributed by atoms with Gasteiger partial charge in [0.1, 0.15) is 0 Å². The van der Waals surface area contributed by atoms with Crippen LogP contribution in [-0.4, -0.2) is 35.6 Å². The van der Waals surface area contributed by atoms with Gasteiger partial charge in [0.05, 0.1) is 0 Å². The molecule has 1 rings (SSSR count). The summed E-state index contributed by atoms with van der Waals surface area (Å²) in [6.45, 7) is 9.61. The van der Waals surface area contributed by atoms with E-state index in [1.165, 1.54) is 0 Å². The number of hydrogen-bond acceptors (Lipinski definition) is 5. The molecule has 0 saturated carbocycles.